The van der Waals surface area contributed by atoms with Gasteiger partial charge in [-0.2, -0.15) is 0 Å². The fourth-order valence-electron chi connectivity index (χ4n) is 2.21. The van der Waals surface area contributed by atoms with Crippen molar-refractivity contribution in [3.63, 3.8) is 0 Å². The van der Waals surface area contributed by atoms with Crippen LogP contribution in [0.25, 0.3) is 0 Å². The lowest BCUT2D eigenvalue weighted by atomic mass is 9.99. The van der Waals surface area contributed by atoms with Gasteiger partial charge in [0.05, 0.1) is 0 Å². The van der Waals surface area contributed by atoms with Crippen molar-refractivity contribution in [3.8, 4) is 0 Å². The first kappa shape index (κ1) is 14.4. The van der Waals surface area contributed by atoms with Crippen LogP contribution in [0.1, 0.15) is 17.2 Å². The van der Waals surface area contributed by atoms with Gasteiger partial charge in [-0.25, -0.2) is 0 Å². The Balaban J connectivity index is 2.28. The molecule has 0 aliphatic carbocycles. The Bertz CT molecular complexity index is 542. The van der Waals surface area contributed by atoms with Crippen molar-refractivity contribution >= 4 is 23.4 Å². The Morgan fingerprint density at radius 3 is 2.47 bits per heavy atom. The number of halogens is 1. The molecule has 1 N–H and O–H groups in total. The van der Waals surface area contributed by atoms with Crippen molar-refractivity contribution in [1.29, 1.82) is 0 Å². The van der Waals surface area contributed by atoms with E-state index in [1.165, 1.54) is 16.0 Å². The van der Waals surface area contributed by atoms with E-state index in [0.29, 0.717) is 0 Å². The molecule has 0 saturated heterocycles. The number of hydrogen-bond acceptors (Lipinski definition) is 2. The quantitative estimate of drug-likeness (QED) is 0.810. The van der Waals surface area contributed by atoms with Crippen LogP contribution in [0, 0.1) is 0 Å². The van der Waals surface area contributed by atoms with E-state index in [1.807, 2.05) is 25.2 Å². The monoisotopic (exact) mass is 291 g/mol. The molecular weight excluding hydrogens is 274 g/mol. The van der Waals surface area contributed by atoms with Crippen LogP contribution in [0.15, 0.2) is 53.4 Å². The van der Waals surface area contributed by atoms with Gasteiger partial charge in [0.15, 0.2) is 0 Å². The molecule has 100 valence electrons. The van der Waals surface area contributed by atoms with Crippen LogP contribution >= 0.6 is 23.4 Å². The summed E-state index contributed by atoms with van der Waals surface area (Å²) in [6, 6.07) is 16.8. The maximum Gasteiger partial charge on any atom is 0.0438 e. The third-order valence-electron chi connectivity index (χ3n) is 3.24. The van der Waals surface area contributed by atoms with Gasteiger partial charge in [-0.3, -0.25) is 0 Å². The summed E-state index contributed by atoms with van der Waals surface area (Å²) < 4.78 is 0. The molecule has 0 heterocycles. The molecule has 1 nitrogen and oxygen atoms in total. The van der Waals surface area contributed by atoms with Crippen LogP contribution in [0.4, 0.5) is 0 Å². The second-order valence-electron chi connectivity index (χ2n) is 4.38. The molecule has 2 rings (SSSR count). The van der Waals surface area contributed by atoms with E-state index in [1.54, 1.807) is 11.8 Å². The molecule has 2 aromatic rings. The van der Waals surface area contributed by atoms with Crippen molar-refractivity contribution in [1.82, 2.24) is 5.32 Å². The van der Waals surface area contributed by atoms with E-state index < -0.39 is 0 Å². The maximum absolute atomic E-state index is 6.25. The molecule has 0 amide bonds. The van der Waals surface area contributed by atoms with Crippen LogP contribution in [-0.2, 0) is 6.42 Å². The summed E-state index contributed by atoms with van der Waals surface area (Å²) in [7, 11) is 2.00. The second kappa shape index (κ2) is 6.99. The van der Waals surface area contributed by atoms with Crippen LogP contribution in [0.3, 0.4) is 0 Å². The first-order valence-corrected chi connectivity index (χ1v) is 7.90. The highest BCUT2D eigenvalue weighted by molar-refractivity contribution is 7.98. The smallest absolute Gasteiger partial charge is 0.0438 e. The topological polar surface area (TPSA) is 12.0 Å². The van der Waals surface area contributed by atoms with Gasteiger partial charge in [0.1, 0.15) is 0 Å². The summed E-state index contributed by atoms with van der Waals surface area (Å²) in [4.78, 5) is 1.31. The maximum atomic E-state index is 6.25. The molecule has 2 aromatic carbocycles. The summed E-state index contributed by atoms with van der Waals surface area (Å²) >= 11 is 8.03. The molecule has 0 radical (unpaired) electrons. The van der Waals surface area contributed by atoms with Gasteiger partial charge in [-0.15, -0.1) is 11.8 Å². The van der Waals surface area contributed by atoms with Crippen molar-refractivity contribution in [2.45, 2.75) is 17.4 Å². The Hall–Kier alpha value is -0.960. The van der Waals surface area contributed by atoms with Crippen molar-refractivity contribution in [2.24, 2.45) is 0 Å². The predicted octanol–water partition coefficient (Wildman–Crippen LogP) is 4.57. The molecule has 0 aliphatic heterocycles. The molecule has 3 heteroatoms. The van der Waals surface area contributed by atoms with E-state index in [0.717, 1.165) is 11.4 Å². The van der Waals surface area contributed by atoms with Gasteiger partial charge in [-0.05, 0) is 43.0 Å². The lowest BCUT2D eigenvalue weighted by Gasteiger charge is -2.20. The lowest BCUT2D eigenvalue weighted by molar-refractivity contribution is 0.583. The third kappa shape index (κ3) is 3.53. The standard InChI is InChI=1S/C16H18ClNS/c1-18-15(11-12-7-3-5-9-14(12)17)13-8-4-6-10-16(13)19-2/h3-10,15,18H,11H2,1-2H3. The van der Waals surface area contributed by atoms with Gasteiger partial charge in [0.2, 0.25) is 0 Å². The SMILES string of the molecule is CNC(Cc1ccccc1Cl)c1ccccc1SC. The van der Waals surface area contributed by atoms with Crippen LogP contribution in [0.2, 0.25) is 5.02 Å². The van der Waals surface area contributed by atoms with E-state index in [-0.39, 0.29) is 6.04 Å². The Kier molecular flexibility index (Phi) is 5.32. The number of likely N-dealkylation sites (N-methyl/N-ethyl adjacent to an activating group) is 1. The van der Waals surface area contributed by atoms with Crippen molar-refractivity contribution < 1.29 is 0 Å². The van der Waals surface area contributed by atoms with E-state index in [9.17, 15) is 0 Å². The first-order valence-electron chi connectivity index (χ1n) is 6.30. The average molecular weight is 292 g/mol. The van der Waals surface area contributed by atoms with Crippen LogP contribution in [-0.4, -0.2) is 13.3 Å². The van der Waals surface area contributed by atoms with Crippen LogP contribution in [0.5, 0.6) is 0 Å². The molecule has 0 fully saturated rings. The minimum Gasteiger partial charge on any atom is -0.313 e. The van der Waals surface area contributed by atoms with Crippen molar-refractivity contribution in [2.75, 3.05) is 13.3 Å². The largest absolute Gasteiger partial charge is 0.313 e. The predicted molar refractivity (Wildman–Crippen MR) is 85.2 cm³/mol. The molecule has 1 unspecified atom stereocenters. The van der Waals surface area contributed by atoms with E-state index in [4.69, 9.17) is 11.6 Å². The number of hydrogen-bond donors (Lipinski definition) is 1. The molecule has 0 aromatic heterocycles. The van der Waals surface area contributed by atoms with Gasteiger partial charge in [0, 0.05) is 16.0 Å². The Morgan fingerprint density at radius 2 is 1.79 bits per heavy atom. The molecule has 19 heavy (non-hydrogen) atoms. The van der Waals surface area contributed by atoms with Gasteiger partial charge in [-0.1, -0.05) is 48.0 Å². The minimum absolute atomic E-state index is 0.281. The number of thioether (sulfide) groups is 1. The zero-order valence-corrected chi connectivity index (χ0v) is 12.8. The summed E-state index contributed by atoms with van der Waals surface area (Å²) in [6.07, 6.45) is 3.01. The van der Waals surface area contributed by atoms with Crippen molar-refractivity contribution in [3.05, 3.63) is 64.7 Å². The minimum atomic E-state index is 0.281. The summed E-state index contributed by atoms with van der Waals surface area (Å²) in [5.74, 6) is 0. The average Bonchev–Trinajstić information content (AvgIpc) is 2.46. The normalized spacial score (nSPS) is 12.4. The summed E-state index contributed by atoms with van der Waals surface area (Å²) in [6.45, 7) is 0. The highest BCUT2D eigenvalue weighted by Gasteiger charge is 2.14. The lowest BCUT2D eigenvalue weighted by Crippen LogP contribution is -2.19. The fourth-order valence-corrected chi connectivity index (χ4v) is 3.08. The molecule has 0 saturated carbocycles. The fraction of sp³-hybridized carbons (Fsp3) is 0.250. The highest BCUT2D eigenvalue weighted by atomic mass is 35.5. The van der Waals surface area contributed by atoms with Gasteiger partial charge < -0.3 is 5.32 Å². The van der Waals surface area contributed by atoms with E-state index in [2.05, 4.69) is 41.9 Å². The zero-order chi connectivity index (χ0) is 13.7. The van der Waals surface area contributed by atoms with Crippen LogP contribution < -0.4 is 5.32 Å². The Morgan fingerprint density at radius 1 is 1.11 bits per heavy atom. The molecular formula is C16H18ClNS. The zero-order valence-electron chi connectivity index (χ0n) is 11.2. The number of benzene rings is 2. The summed E-state index contributed by atoms with van der Waals surface area (Å²) in [5, 5.41) is 4.23. The number of rotatable bonds is 5. The highest BCUT2D eigenvalue weighted by Crippen LogP contribution is 2.29. The summed E-state index contributed by atoms with van der Waals surface area (Å²) in [5.41, 5.74) is 2.51. The first-order chi connectivity index (χ1) is 9.26. The third-order valence-corrected chi connectivity index (χ3v) is 4.43. The molecule has 0 spiro atoms. The van der Waals surface area contributed by atoms with Gasteiger partial charge >= 0.3 is 0 Å². The molecule has 0 aliphatic rings. The number of nitrogens with one attached hydrogen (secondary N) is 1. The molecule has 0 bridgehead atoms. The molecule has 1 atom stereocenters. The van der Waals surface area contributed by atoms with Gasteiger partial charge in [0.25, 0.3) is 0 Å². The van der Waals surface area contributed by atoms with E-state index >= 15 is 0 Å². The Labute approximate surface area is 124 Å². The second-order valence-corrected chi connectivity index (χ2v) is 5.63.